The number of benzene rings is 1. The molecule has 0 aliphatic heterocycles. The van der Waals surface area contributed by atoms with E-state index in [2.05, 4.69) is 0 Å². The first-order valence-electron chi connectivity index (χ1n) is 6.18. The lowest BCUT2D eigenvalue weighted by Gasteiger charge is -2.33. The number of carbonyl (C=O) groups is 1. The second kappa shape index (κ2) is 6.21. The van der Waals surface area contributed by atoms with Gasteiger partial charge in [-0.25, -0.2) is 8.42 Å². The van der Waals surface area contributed by atoms with E-state index in [9.17, 15) is 18.3 Å². The summed E-state index contributed by atoms with van der Waals surface area (Å²) >= 11 is 5.94. The van der Waals surface area contributed by atoms with Gasteiger partial charge in [0.25, 0.3) is 0 Å². The maximum Gasteiger partial charge on any atom is 0.324 e. The predicted octanol–water partition coefficient (Wildman–Crippen LogP) is 2.22. The van der Waals surface area contributed by atoms with E-state index < -0.39 is 21.5 Å². The highest BCUT2D eigenvalue weighted by atomic mass is 35.5. The molecule has 0 bridgehead atoms. The third kappa shape index (κ3) is 3.30. The number of nitrogens with zero attached hydrogens (tertiary/aromatic N) is 1. The largest absolute Gasteiger partial charge is 0.495 e. The van der Waals surface area contributed by atoms with Crippen LogP contribution in [0.25, 0.3) is 0 Å². The number of sulfonamides is 1. The van der Waals surface area contributed by atoms with Gasteiger partial charge in [0.1, 0.15) is 11.3 Å². The van der Waals surface area contributed by atoms with Gasteiger partial charge in [0.15, 0.2) is 0 Å². The van der Waals surface area contributed by atoms with Crippen LogP contribution in [0.1, 0.15) is 20.8 Å². The van der Waals surface area contributed by atoms with E-state index >= 15 is 0 Å². The number of rotatable bonds is 6. The molecule has 1 rings (SSSR count). The van der Waals surface area contributed by atoms with Crippen molar-refractivity contribution in [3.8, 4) is 5.75 Å². The van der Waals surface area contributed by atoms with E-state index in [0.29, 0.717) is 5.75 Å². The Morgan fingerprint density at radius 1 is 1.43 bits per heavy atom. The molecule has 0 amide bonds. The van der Waals surface area contributed by atoms with Crippen molar-refractivity contribution in [2.45, 2.75) is 31.2 Å². The first-order chi connectivity index (χ1) is 9.58. The zero-order valence-corrected chi connectivity index (χ0v) is 13.8. The number of methoxy groups -OCH3 is 1. The number of likely N-dealkylation sites (N-methyl/N-ethyl adjacent to an activating group) is 1. The van der Waals surface area contributed by atoms with Crippen LogP contribution in [0.2, 0.25) is 5.02 Å². The van der Waals surface area contributed by atoms with Gasteiger partial charge in [-0.05, 0) is 32.0 Å². The Morgan fingerprint density at radius 2 is 2.00 bits per heavy atom. The zero-order valence-electron chi connectivity index (χ0n) is 12.3. The molecule has 0 aromatic heterocycles. The second-order valence-corrected chi connectivity index (χ2v) is 7.10. The van der Waals surface area contributed by atoms with Crippen molar-refractivity contribution in [3.05, 3.63) is 23.2 Å². The molecular formula is C13H18ClNO5S. The van der Waals surface area contributed by atoms with Crippen LogP contribution in [0.4, 0.5) is 0 Å². The number of aliphatic carboxylic acids is 1. The fraction of sp³-hybridized carbons (Fsp3) is 0.462. The predicted molar refractivity (Wildman–Crippen MR) is 79.3 cm³/mol. The molecule has 1 N–H and O–H groups in total. The number of hydrogen-bond acceptors (Lipinski definition) is 4. The molecule has 0 aliphatic carbocycles. The van der Waals surface area contributed by atoms with E-state index in [4.69, 9.17) is 16.3 Å². The van der Waals surface area contributed by atoms with Crippen LogP contribution in [-0.4, -0.2) is 43.0 Å². The molecule has 8 heteroatoms. The summed E-state index contributed by atoms with van der Waals surface area (Å²) in [6.07, 6.45) is 0. The minimum Gasteiger partial charge on any atom is -0.495 e. The third-order valence-electron chi connectivity index (χ3n) is 3.15. The summed E-state index contributed by atoms with van der Waals surface area (Å²) in [5, 5.41) is 9.38. The number of carboxylic acid groups (broad SMARTS) is 1. The first-order valence-corrected chi connectivity index (χ1v) is 8.00. The van der Waals surface area contributed by atoms with Crippen LogP contribution in [-0.2, 0) is 14.8 Å². The summed E-state index contributed by atoms with van der Waals surface area (Å²) in [7, 11) is -2.57. The van der Waals surface area contributed by atoms with Gasteiger partial charge in [0, 0.05) is 6.54 Å². The van der Waals surface area contributed by atoms with Gasteiger partial charge in [-0.3, -0.25) is 4.79 Å². The molecule has 1 aromatic rings. The molecule has 0 unspecified atom stereocenters. The van der Waals surface area contributed by atoms with E-state index in [1.54, 1.807) is 6.92 Å². The van der Waals surface area contributed by atoms with E-state index in [1.165, 1.54) is 39.2 Å². The number of ether oxygens (including phenoxy) is 1. The lowest BCUT2D eigenvalue weighted by Crippen LogP contribution is -2.52. The van der Waals surface area contributed by atoms with E-state index in [-0.39, 0.29) is 16.5 Å². The third-order valence-corrected chi connectivity index (χ3v) is 5.59. The topological polar surface area (TPSA) is 83.9 Å². The van der Waals surface area contributed by atoms with Gasteiger partial charge >= 0.3 is 5.97 Å². The van der Waals surface area contributed by atoms with Crippen molar-refractivity contribution >= 4 is 27.6 Å². The van der Waals surface area contributed by atoms with Crippen LogP contribution < -0.4 is 4.74 Å². The summed E-state index contributed by atoms with van der Waals surface area (Å²) in [5.41, 5.74) is -1.57. The molecule has 6 nitrogen and oxygen atoms in total. The van der Waals surface area contributed by atoms with Crippen molar-refractivity contribution < 1.29 is 23.1 Å². The Bertz CT molecular complexity index is 642. The lowest BCUT2D eigenvalue weighted by atomic mass is 10.1. The molecule has 21 heavy (non-hydrogen) atoms. The molecular weight excluding hydrogens is 318 g/mol. The standard InChI is InChI=1S/C13H18ClNO5S/c1-5-15(13(2,3)12(16)17)21(18,19)9-6-7-11(20-4)10(14)8-9/h6-8H,5H2,1-4H3,(H,16,17). The Morgan fingerprint density at radius 3 is 2.38 bits per heavy atom. The highest BCUT2D eigenvalue weighted by Gasteiger charge is 2.41. The lowest BCUT2D eigenvalue weighted by molar-refractivity contribution is -0.146. The Labute approximate surface area is 129 Å². The maximum absolute atomic E-state index is 12.6. The number of halogens is 1. The van der Waals surface area contributed by atoms with E-state index in [1.807, 2.05) is 0 Å². The smallest absolute Gasteiger partial charge is 0.324 e. The summed E-state index contributed by atoms with van der Waals surface area (Å²) < 4.78 is 31.1. The molecule has 0 saturated carbocycles. The first kappa shape index (κ1) is 17.7. The van der Waals surface area contributed by atoms with Crippen molar-refractivity contribution in [2.75, 3.05) is 13.7 Å². The van der Waals surface area contributed by atoms with E-state index in [0.717, 1.165) is 4.31 Å². The van der Waals surface area contributed by atoms with Crippen LogP contribution in [0.5, 0.6) is 5.75 Å². The highest BCUT2D eigenvalue weighted by molar-refractivity contribution is 7.89. The summed E-state index contributed by atoms with van der Waals surface area (Å²) in [6.45, 7) is 4.27. The molecule has 0 heterocycles. The molecule has 0 radical (unpaired) electrons. The Hall–Kier alpha value is -1.31. The zero-order chi connectivity index (χ0) is 16.4. The van der Waals surface area contributed by atoms with Gasteiger partial charge in [-0.2, -0.15) is 4.31 Å². The van der Waals surface area contributed by atoms with Crippen LogP contribution >= 0.6 is 11.6 Å². The summed E-state index contributed by atoms with van der Waals surface area (Å²) in [4.78, 5) is 11.2. The molecule has 118 valence electrons. The quantitative estimate of drug-likeness (QED) is 0.861. The normalized spacial score (nSPS) is 12.5. The molecule has 0 fully saturated rings. The fourth-order valence-corrected chi connectivity index (χ4v) is 4.01. The van der Waals surface area contributed by atoms with Gasteiger partial charge in [-0.1, -0.05) is 18.5 Å². The number of carboxylic acids is 1. The van der Waals surface area contributed by atoms with Crippen LogP contribution in [0.3, 0.4) is 0 Å². The van der Waals surface area contributed by atoms with Gasteiger partial charge in [0.2, 0.25) is 10.0 Å². The van der Waals surface area contributed by atoms with Crippen LogP contribution in [0, 0.1) is 0 Å². The van der Waals surface area contributed by atoms with Gasteiger partial charge in [-0.15, -0.1) is 0 Å². The molecule has 0 spiro atoms. The fourth-order valence-electron chi connectivity index (χ4n) is 1.91. The SMILES string of the molecule is CCN(C(C)(C)C(=O)O)S(=O)(=O)c1ccc(OC)c(Cl)c1. The summed E-state index contributed by atoms with van der Waals surface area (Å²) in [5.74, 6) is -0.885. The highest BCUT2D eigenvalue weighted by Crippen LogP contribution is 2.30. The second-order valence-electron chi connectivity index (χ2n) is 4.83. The van der Waals surface area contributed by atoms with Crippen molar-refractivity contribution in [2.24, 2.45) is 0 Å². The van der Waals surface area contributed by atoms with Crippen molar-refractivity contribution in [1.82, 2.24) is 4.31 Å². The minimum absolute atomic E-state index is 0.0191. The minimum atomic E-state index is -3.99. The Kier molecular flexibility index (Phi) is 5.25. The number of hydrogen-bond donors (Lipinski definition) is 1. The monoisotopic (exact) mass is 335 g/mol. The van der Waals surface area contributed by atoms with Gasteiger partial charge in [0.05, 0.1) is 17.0 Å². The molecule has 0 atom stereocenters. The van der Waals surface area contributed by atoms with Crippen LogP contribution in [0.15, 0.2) is 23.1 Å². The molecule has 1 aromatic carbocycles. The van der Waals surface area contributed by atoms with Gasteiger partial charge < -0.3 is 9.84 Å². The average Bonchev–Trinajstić information content (AvgIpc) is 2.38. The van der Waals surface area contributed by atoms with Crippen molar-refractivity contribution in [3.63, 3.8) is 0 Å². The summed E-state index contributed by atoms with van der Waals surface area (Å²) in [6, 6.07) is 4.01. The molecule has 0 saturated heterocycles. The average molecular weight is 336 g/mol. The maximum atomic E-state index is 12.6. The Balaban J connectivity index is 3.38. The van der Waals surface area contributed by atoms with Crippen molar-refractivity contribution in [1.29, 1.82) is 0 Å². The molecule has 0 aliphatic rings.